The van der Waals surface area contributed by atoms with Gasteiger partial charge in [0.05, 0.1) is 12.6 Å². The first-order valence-electron chi connectivity index (χ1n) is 4.80. The summed E-state index contributed by atoms with van der Waals surface area (Å²) in [7, 11) is 0. The molecule has 1 aliphatic heterocycles. The molecule has 3 N–H and O–H groups in total. The first-order valence-corrected chi connectivity index (χ1v) is 4.80. The maximum atomic E-state index is 11.6. The van der Waals surface area contributed by atoms with Crippen LogP contribution >= 0.6 is 0 Å². The topological polar surface area (TPSA) is 66.6 Å². The van der Waals surface area contributed by atoms with E-state index in [1.54, 1.807) is 4.90 Å². The molecule has 0 radical (unpaired) electrons. The number of aliphatic hydroxyl groups excluding tert-OH is 1. The van der Waals surface area contributed by atoms with Crippen molar-refractivity contribution in [2.45, 2.75) is 38.3 Å². The van der Waals surface area contributed by atoms with Gasteiger partial charge in [0.1, 0.15) is 5.76 Å². The van der Waals surface area contributed by atoms with Crippen molar-refractivity contribution in [1.82, 2.24) is 4.90 Å². The second-order valence-corrected chi connectivity index (χ2v) is 4.33. The van der Waals surface area contributed by atoms with Crippen LogP contribution in [0.3, 0.4) is 0 Å². The van der Waals surface area contributed by atoms with Crippen molar-refractivity contribution in [3.63, 3.8) is 0 Å². The van der Waals surface area contributed by atoms with Gasteiger partial charge in [0.2, 0.25) is 5.91 Å². The molecule has 0 bridgehead atoms. The fourth-order valence-electron chi connectivity index (χ4n) is 2.09. The number of hydrogen-bond donors (Lipinski definition) is 2. The van der Waals surface area contributed by atoms with Gasteiger partial charge in [-0.25, -0.2) is 0 Å². The molecule has 1 heterocycles. The van der Waals surface area contributed by atoms with Gasteiger partial charge in [-0.3, -0.25) is 4.79 Å². The fourth-order valence-corrected chi connectivity index (χ4v) is 2.09. The summed E-state index contributed by atoms with van der Waals surface area (Å²) in [5, 5.41) is 9.37. The number of likely N-dealkylation sites (tertiary alicyclic amines) is 1. The molecule has 0 saturated carbocycles. The van der Waals surface area contributed by atoms with E-state index in [-0.39, 0.29) is 29.8 Å². The summed E-state index contributed by atoms with van der Waals surface area (Å²) in [4.78, 5) is 13.2. The third-order valence-corrected chi connectivity index (χ3v) is 2.82. The largest absolute Gasteiger partial charge is 0.511 e. The normalized spacial score (nSPS) is 25.1. The summed E-state index contributed by atoms with van der Waals surface area (Å²) in [5.41, 5.74) is 5.10. The lowest BCUT2D eigenvalue weighted by atomic mass is 10.0. The Hall–Kier alpha value is -1.03. The van der Waals surface area contributed by atoms with Gasteiger partial charge in [-0.2, -0.15) is 0 Å². The van der Waals surface area contributed by atoms with Crippen LogP contribution in [0.25, 0.3) is 0 Å². The van der Waals surface area contributed by atoms with Gasteiger partial charge < -0.3 is 15.7 Å². The molecule has 1 amide bonds. The molecule has 4 heteroatoms. The van der Waals surface area contributed by atoms with Gasteiger partial charge in [0.25, 0.3) is 0 Å². The summed E-state index contributed by atoms with van der Waals surface area (Å²) in [5.74, 6) is -0.0786. The van der Waals surface area contributed by atoms with Crippen LogP contribution in [0.4, 0.5) is 0 Å². The molecule has 0 aromatic carbocycles. The number of hydrogen-bond acceptors (Lipinski definition) is 3. The highest BCUT2D eigenvalue weighted by molar-refractivity contribution is 5.79. The Morgan fingerprint density at radius 1 is 1.71 bits per heavy atom. The first-order chi connectivity index (χ1) is 6.40. The average Bonchev–Trinajstić information content (AvgIpc) is 2.40. The van der Waals surface area contributed by atoms with E-state index in [9.17, 15) is 9.90 Å². The summed E-state index contributed by atoms with van der Waals surface area (Å²) < 4.78 is 0. The Kier molecular flexibility index (Phi) is 2.85. The predicted molar refractivity (Wildman–Crippen MR) is 54.8 cm³/mol. The van der Waals surface area contributed by atoms with Crippen molar-refractivity contribution in [3.05, 3.63) is 12.3 Å². The highest BCUT2D eigenvalue weighted by atomic mass is 16.3. The summed E-state index contributed by atoms with van der Waals surface area (Å²) in [6, 6.07) is -0.263. The van der Waals surface area contributed by atoms with Crippen molar-refractivity contribution in [2.75, 3.05) is 6.54 Å². The number of aliphatic hydroxyl groups is 1. The number of amides is 1. The Morgan fingerprint density at radius 2 is 2.29 bits per heavy atom. The maximum Gasteiger partial charge on any atom is 0.237 e. The van der Waals surface area contributed by atoms with Crippen LogP contribution in [-0.2, 0) is 4.79 Å². The molecular weight excluding hydrogens is 180 g/mol. The summed E-state index contributed by atoms with van der Waals surface area (Å²) >= 11 is 0. The van der Waals surface area contributed by atoms with E-state index in [4.69, 9.17) is 5.73 Å². The third kappa shape index (κ3) is 1.75. The number of nitrogens with two attached hydrogens (primary N) is 1. The van der Waals surface area contributed by atoms with E-state index in [0.717, 1.165) is 12.8 Å². The van der Waals surface area contributed by atoms with E-state index in [2.05, 4.69) is 6.58 Å². The zero-order chi connectivity index (χ0) is 10.9. The molecule has 14 heavy (non-hydrogen) atoms. The van der Waals surface area contributed by atoms with Crippen molar-refractivity contribution < 1.29 is 9.90 Å². The van der Waals surface area contributed by atoms with Crippen LogP contribution in [0.15, 0.2) is 12.3 Å². The lowest BCUT2D eigenvalue weighted by molar-refractivity contribution is -0.135. The molecule has 0 aliphatic carbocycles. The zero-order valence-corrected chi connectivity index (χ0v) is 8.79. The monoisotopic (exact) mass is 198 g/mol. The molecular formula is C10H18N2O2. The van der Waals surface area contributed by atoms with Crippen LogP contribution in [0, 0.1) is 0 Å². The molecule has 0 aromatic rings. The van der Waals surface area contributed by atoms with Crippen LogP contribution in [-0.4, -0.2) is 34.0 Å². The predicted octanol–water partition coefficient (Wildman–Crippen LogP) is 0.786. The Morgan fingerprint density at radius 3 is 2.71 bits per heavy atom. The van der Waals surface area contributed by atoms with E-state index in [1.165, 1.54) is 0 Å². The fraction of sp³-hybridized carbons (Fsp3) is 0.700. The molecule has 1 fully saturated rings. The van der Waals surface area contributed by atoms with Gasteiger partial charge >= 0.3 is 0 Å². The second kappa shape index (κ2) is 3.61. The minimum absolute atomic E-state index is 0.0206. The van der Waals surface area contributed by atoms with Crippen LogP contribution in [0.1, 0.15) is 26.7 Å². The smallest absolute Gasteiger partial charge is 0.237 e. The molecule has 80 valence electrons. The Labute approximate surface area is 84.4 Å². The minimum Gasteiger partial charge on any atom is -0.511 e. The van der Waals surface area contributed by atoms with Crippen LogP contribution in [0.5, 0.6) is 0 Å². The standard InChI is InChI=1S/C10H18N2O2/c1-7(13)8-4-5-10(2,3)12(8)9(14)6-11/h8,13H,1,4-6,11H2,2-3H3/t8-/m0/s1. The van der Waals surface area contributed by atoms with Gasteiger partial charge in [-0.1, -0.05) is 6.58 Å². The van der Waals surface area contributed by atoms with E-state index < -0.39 is 0 Å². The number of rotatable bonds is 2. The second-order valence-electron chi connectivity index (χ2n) is 4.33. The highest BCUT2D eigenvalue weighted by Gasteiger charge is 2.42. The Bertz CT molecular complexity index is 261. The van der Waals surface area contributed by atoms with E-state index in [1.807, 2.05) is 13.8 Å². The molecule has 4 nitrogen and oxygen atoms in total. The molecule has 0 unspecified atom stereocenters. The zero-order valence-electron chi connectivity index (χ0n) is 8.79. The Balaban J connectivity index is 2.92. The van der Waals surface area contributed by atoms with Crippen molar-refractivity contribution >= 4 is 5.91 Å². The highest BCUT2D eigenvalue weighted by Crippen LogP contribution is 2.35. The number of carbonyl (C=O) groups excluding carboxylic acids is 1. The minimum atomic E-state index is -0.263. The lowest BCUT2D eigenvalue weighted by Crippen LogP contribution is -2.50. The third-order valence-electron chi connectivity index (χ3n) is 2.82. The maximum absolute atomic E-state index is 11.6. The molecule has 1 atom stereocenters. The van der Waals surface area contributed by atoms with Gasteiger partial charge in [-0.15, -0.1) is 0 Å². The molecule has 1 saturated heterocycles. The van der Waals surface area contributed by atoms with Gasteiger partial charge in [0, 0.05) is 5.54 Å². The first kappa shape index (κ1) is 11.0. The number of nitrogens with zero attached hydrogens (tertiary/aromatic N) is 1. The molecule has 1 rings (SSSR count). The lowest BCUT2D eigenvalue weighted by Gasteiger charge is -2.35. The van der Waals surface area contributed by atoms with Gasteiger partial charge in [0.15, 0.2) is 0 Å². The van der Waals surface area contributed by atoms with Crippen LogP contribution in [0.2, 0.25) is 0 Å². The molecule has 0 spiro atoms. The van der Waals surface area contributed by atoms with E-state index >= 15 is 0 Å². The number of carbonyl (C=O) groups is 1. The van der Waals surface area contributed by atoms with Crippen LogP contribution < -0.4 is 5.73 Å². The molecule has 1 aliphatic rings. The SMILES string of the molecule is C=C(O)[C@@H]1CCC(C)(C)N1C(=O)CN. The quantitative estimate of drug-likeness (QED) is 0.644. The summed E-state index contributed by atoms with van der Waals surface area (Å²) in [6.45, 7) is 7.42. The van der Waals surface area contributed by atoms with Crippen molar-refractivity contribution in [3.8, 4) is 0 Å². The summed E-state index contributed by atoms with van der Waals surface area (Å²) in [6.07, 6.45) is 1.62. The van der Waals surface area contributed by atoms with E-state index in [0.29, 0.717) is 0 Å². The molecule has 0 aromatic heterocycles. The van der Waals surface area contributed by atoms with Crippen molar-refractivity contribution in [2.24, 2.45) is 5.73 Å². The van der Waals surface area contributed by atoms with Gasteiger partial charge in [-0.05, 0) is 26.7 Å². The van der Waals surface area contributed by atoms with Crippen molar-refractivity contribution in [1.29, 1.82) is 0 Å². The average molecular weight is 198 g/mol.